The predicted octanol–water partition coefficient (Wildman–Crippen LogP) is 4.29. The lowest BCUT2D eigenvalue weighted by atomic mass is 9.35. The van der Waals surface area contributed by atoms with Gasteiger partial charge in [0, 0.05) is 47.5 Å². The number of carbonyl (C=O) groups excluding carboxylic acids is 3. The Morgan fingerprint density at radius 2 is 1.78 bits per heavy atom. The van der Waals surface area contributed by atoms with Gasteiger partial charge >= 0.3 is 11.9 Å². The summed E-state index contributed by atoms with van der Waals surface area (Å²) in [7, 11) is 0. The van der Waals surface area contributed by atoms with E-state index in [1.807, 2.05) is 19.9 Å². The van der Waals surface area contributed by atoms with Gasteiger partial charge in [-0.25, -0.2) is 4.79 Å². The van der Waals surface area contributed by atoms with Crippen molar-refractivity contribution in [2.45, 2.75) is 166 Å². The van der Waals surface area contributed by atoms with E-state index in [1.54, 1.807) is 6.26 Å². The number of rotatable bonds is 13. The minimum atomic E-state index is -1.47. The minimum Gasteiger partial charge on any atom is -0.469 e. The molecule has 6 heterocycles. The lowest BCUT2D eigenvalue weighted by molar-refractivity contribution is -0.264. The summed E-state index contributed by atoms with van der Waals surface area (Å²) in [6.07, 6.45) is 6.21. The summed E-state index contributed by atoms with van der Waals surface area (Å²) in [6.45, 7) is 11.7. The molecule has 5 N–H and O–H groups in total. The van der Waals surface area contributed by atoms with Gasteiger partial charge in [-0.15, -0.1) is 0 Å². The maximum atomic E-state index is 15.3. The second-order valence-electron chi connectivity index (χ2n) is 20.7. The highest BCUT2D eigenvalue weighted by molar-refractivity contribution is 5.92. The first-order valence-electron chi connectivity index (χ1n) is 22.4. The Morgan fingerprint density at radius 1 is 1.00 bits per heavy atom. The number of carbonyl (C=O) groups is 3. The molecule has 322 valence electrons. The van der Waals surface area contributed by atoms with E-state index in [4.69, 9.17) is 23.4 Å². The molecular formula is C45H66N2O11. The van der Waals surface area contributed by atoms with Crippen LogP contribution in [0.3, 0.4) is 0 Å². The second-order valence-corrected chi connectivity index (χ2v) is 20.7. The van der Waals surface area contributed by atoms with Gasteiger partial charge in [-0.3, -0.25) is 9.59 Å². The van der Waals surface area contributed by atoms with Crippen LogP contribution in [0.15, 0.2) is 16.7 Å². The summed E-state index contributed by atoms with van der Waals surface area (Å²) in [6, 6.07) is 2.26. The third-order valence-electron chi connectivity index (χ3n) is 17.4. The van der Waals surface area contributed by atoms with Crippen LogP contribution in [0.5, 0.6) is 0 Å². The molecule has 5 aliphatic heterocycles. The highest BCUT2D eigenvalue weighted by Crippen LogP contribution is 2.81. The molecule has 9 rings (SSSR count). The molecule has 13 heteroatoms. The molecule has 14 unspecified atom stereocenters. The Kier molecular flexibility index (Phi) is 10.1. The van der Waals surface area contributed by atoms with Crippen LogP contribution in [-0.4, -0.2) is 101 Å². The maximum absolute atomic E-state index is 15.3. The molecule has 1 aromatic rings. The van der Waals surface area contributed by atoms with E-state index in [1.165, 1.54) is 0 Å². The number of furan rings is 1. The van der Waals surface area contributed by atoms with Crippen molar-refractivity contribution in [3.8, 4) is 0 Å². The average Bonchev–Trinajstić information content (AvgIpc) is 3.66. The van der Waals surface area contributed by atoms with Gasteiger partial charge in [0.2, 0.25) is 0 Å². The van der Waals surface area contributed by atoms with Crippen LogP contribution in [-0.2, 0) is 39.8 Å². The number of hydrogen-bond donors (Lipinski definition) is 5. The van der Waals surface area contributed by atoms with Crippen LogP contribution in [0.2, 0.25) is 0 Å². The van der Waals surface area contributed by atoms with Gasteiger partial charge in [0.15, 0.2) is 11.9 Å². The maximum Gasteiger partial charge on any atom is 0.339 e. The van der Waals surface area contributed by atoms with E-state index in [9.17, 15) is 24.9 Å². The van der Waals surface area contributed by atoms with Gasteiger partial charge in [0.25, 0.3) is 0 Å². The molecule has 0 amide bonds. The molecule has 0 bridgehead atoms. The third kappa shape index (κ3) is 5.48. The Bertz CT molecular complexity index is 1770. The number of ether oxygens (including phenoxy) is 4. The number of aliphatic hydroxyl groups is 3. The first-order chi connectivity index (χ1) is 27.6. The highest BCUT2D eigenvalue weighted by Gasteiger charge is 2.91. The number of fused-ring (bicyclic) bond motifs is 2. The van der Waals surface area contributed by atoms with Crippen LogP contribution < -0.4 is 10.6 Å². The number of ketones is 1. The van der Waals surface area contributed by atoms with Gasteiger partial charge < -0.3 is 49.3 Å². The zero-order valence-corrected chi connectivity index (χ0v) is 35.1. The van der Waals surface area contributed by atoms with Gasteiger partial charge in [-0.1, -0.05) is 53.4 Å². The largest absolute Gasteiger partial charge is 0.469 e. The van der Waals surface area contributed by atoms with Crippen LogP contribution in [0.4, 0.5) is 0 Å². The fourth-order valence-corrected chi connectivity index (χ4v) is 14.5. The zero-order chi connectivity index (χ0) is 41.0. The molecule has 3 saturated carbocycles. The van der Waals surface area contributed by atoms with E-state index in [0.29, 0.717) is 68.2 Å². The molecule has 3 aliphatic carbocycles. The Labute approximate surface area is 342 Å². The number of epoxide rings is 1. The van der Waals surface area contributed by atoms with E-state index < -0.39 is 75.3 Å². The minimum absolute atomic E-state index is 0.0265. The Hall–Kier alpha value is -2.39. The lowest BCUT2D eigenvalue weighted by Crippen LogP contribution is -2.77. The summed E-state index contributed by atoms with van der Waals surface area (Å²) in [5, 5.41) is 40.6. The summed E-state index contributed by atoms with van der Waals surface area (Å²) in [5.74, 6) is -1.53. The molecular weight excluding hydrogens is 744 g/mol. The Morgan fingerprint density at radius 3 is 2.48 bits per heavy atom. The fourth-order valence-electron chi connectivity index (χ4n) is 14.5. The molecule has 58 heavy (non-hydrogen) atoms. The topological polar surface area (TPSA) is 189 Å². The number of hydrogen-bond acceptors (Lipinski definition) is 13. The van der Waals surface area contributed by atoms with Gasteiger partial charge in [-0.05, 0) is 82.1 Å². The summed E-state index contributed by atoms with van der Waals surface area (Å²) in [4.78, 5) is 43.5. The zero-order valence-electron chi connectivity index (χ0n) is 35.1. The highest BCUT2D eigenvalue weighted by atomic mass is 16.7. The van der Waals surface area contributed by atoms with Crippen molar-refractivity contribution in [1.29, 1.82) is 0 Å². The second kappa shape index (κ2) is 14.3. The van der Waals surface area contributed by atoms with Gasteiger partial charge in [0.1, 0.15) is 30.2 Å². The standard InChI is InChI=1S/C45H66N2O11/c1-25(2)12-18-41(4)33-32(50)34(51)42(5)31(44(33)23-55-39(53)43(38(44)58-41)15-8-9-16-43)13-17-40(3)35(56-37(52)36-45(40,42)57-36)28-14-19-54-30(28)20-26(29(49)22-48)10-6-7-11-27-21-46-24-47-27/h14,19,25-27,29,31,33-36,38,46-49,51H,6-13,15-18,20-24H2,1-5H3. The van der Waals surface area contributed by atoms with E-state index in [0.717, 1.165) is 51.7 Å². The summed E-state index contributed by atoms with van der Waals surface area (Å²) in [5.41, 5.74) is -5.46. The quantitative estimate of drug-likeness (QED) is 0.108. The molecule has 8 fully saturated rings. The molecule has 1 aromatic heterocycles. The van der Waals surface area contributed by atoms with Crippen LogP contribution >= 0.6 is 0 Å². The Balaban J connectivity index is 1.07. The summed E-state index contributed by atoms with van der Waals surface area (Å²) >= 11 is 0. The number of unbranched alkanes of at least 4 members (excludes halogenated alkanes) is 1. The van der Waals surface area contributed by atoms with Crippen molar-refractivity contribution >= 4 is 17.7 Å². The average molecular weight is 811 g/mol. The van der Waals surface area contributed by atoms with Gasteiger partial charge in [-0.2, -0.15) is 0 Å². The van der Waals surface area contributed by atoms with Crippen molar-refractivity contribution in [3.63, 3.8) is 0 Å². The SMILES string of the molecule is CC(C)CCC1(C)OC2C3(CCCC3)C(=O)OCC23C1C(=O)C(O)C1(C)C3CCC2(C)C(c3ccoc3CC(CCCCC3CNCN3)C(O)CO)OC(=O)C3OC321. The number of Topliss-reactive ketones (excluding diaryl/α,β-unsaturated/α-hetero) is 1. The number of cyclic esters (lactones) is 2. The smallest absolute Gasteiger partial charge is 0.339 e. The van der Waals surface area contributed by atoms with Crippen LogP contribution in [0, 0.1) is 45.3 Å². The number of aliphatic hydroxyl groups excluding tert-OH is 3. The molecule has 0 aromatic carbocycles. The molecule has 3 spiro atoms. The van der Waals surface area contributed by atoms with E-state index >= 15 is 4.79 Å². The van der Waals surface area contributed by atoms with Gasteiger partial charge in [0.05, 0.1) is 42.0 Å². The lowest BCUT2D eigenvalue weighted by Gasteiger charge is -2.67. The molecule has 13 nitrogen and oxygen atoms in total. The first-order valence-corrected chi connectivity index (χ1v) is 22.4. The van der Waals surface area contributed by atoms with E-state index in [2.05, 4.69) is 31.4 Å². The normalized spacial score (nSPS) is 44.6. The van der Waals surface area contributed by atoms with Crippen molar-refractivity contribution in [2.75, 3.05) is 26.4 Å². The first kappa shape index (κ1) is 41.0. The molecule has 14 atom stereocenters. The van der Waals surface area contributed by atoms with Crippen LogP contribution in [0.25, 0.3) is 0 Å². The molecule has 0 radical (unpaired) electrons. The van der Waals surface area contributed by atoms with Crippen molar-refractivity contribution < 1.29 is 53.1 Å². The number of esters is 2. The van der Waals surface area contributed by atoms with Crippen molar-refractivity contribution in [3.05, 3.63) is 23.7 Å². The number of nitrogens with one attached hydrogen (secondary N) is 2. The summed E-state index contributed by atoms with van der Waals surface area (Å²) < 4.78 is 32.8. The van der Waals surface area contributed by atoms with Crippen molar-refractivity contribution in [1.82, 2.24) is 10.6 Å². The molecule has 5 saturated heterocycles. The predicted molar refractivity (Wildman–Crippen MR) is 209 cm³/mol. The fraction of sp³-hybridized carbons (Fsp3) is 0.844. The third-order valence-corrected chi connectivity index (χ3v) is 17.4. The van der Waals surface area contributed by atoms with E-state index in [-0.39, 0.29) is 36.8 Å². The van der Waals surface area contributed by atoms with Crippen LogP contribution in [0.1, 0.15) is 129 Å². The molecule has 8 aliphatic rings. The monoisotopic (exact) mass is 810 g/mol. The van der Waals surface area contributed by atoms with Crippen molar-refractivity contribution in [2.24, 2.45) is 45.3 Å².